The minimum Gasteiger partial charge on any atom is -0.345 e. The maximum atomic E-state index is 11.0. The molecule has 0 aliphatic carbocycles. The third-order valence-corrected chi connectivity index (χ3v) is 1.59. The van der Waals surface area contributed by atoms with Crippen LogP contribution in [-0.4, -0.2) is 34.8 Å². The minimum atomic E-state index is -0.104. The number of aromatic nitrogens is 2. The van der Waals surface area contributed by atoms with Gasteiger partial charge in [0.25, 0.3) is 5.91 Å². The quantitative estimate of drug-likeness (QED) is 0.559. The fraction of sp³-hybridized carbons (Fsp3) is 0.333. The van der Waals surface area contributed by atoms with Gasteiger partial charge in [0, 0.05) is 12.3 Å². The molecular formula is C6H6N3O3. The Bertz CT molecular complexity index is 284. The van der Waals surface area contributed by atoms with Crippen molar-refractivity contribution in [3.8, 4) is 0 Å². The first-order valence-electron chi connectivity index (χ1n) is 3.33. The summed E-state index contributed by atoms with van der Waals surface area (Å²) in [6.45, 7) is 0.0543. The predicted octanol–water partition coefficient (Wildman–Crippen LogP) is -0.604. The fourth-order valence-corrected chi connectivity index (χ4v) is 0.941. The molecular weight excluding hydrogens is 162 g/mol. The van der Waals surface area contributed by atoms with Crippen LogP contribution in [0.25, 0.3) is 0 Å². The second-order valence-electron chi connectivity index (χ2n) is 2.34. The van der Waals surface area contributed by atoms with Crippen LogP contribution in [0.15, 0.2) is 10.8 Å². The molecule has 0 atom stereocenters. The van der Waals surface area contributed by atoms with Crippen LogP contribution < -0.4 is 0 Å². The highest BCUT2D eigenvalue weighted by molar-refractivity contribution is 5.80. The molecule has 12 heavy (non-hydrogen) atoms. The average molecular weight is 168 g/mol. The Balaban J connectivity index is 2.21. The molecule has 0 N–H and O–H groups in total. The number of rotatable bonds is 1. The second kappa shape index (κ2) is 2.56. The summed E-state index contributed by atoms with van der Waals surface area (Å²) in [6, 6.07) is 0. The Hall–Kier alpha value is -1.43. The summed E-state index contributed by atoms with van der Waals surface area (Å²) in [5.74, 6) is -0.104. The summed E-state index contributed by atoms with van der Waals surface area (Å²) in [7, 11) is 1.61. The van der Waals surface area contributed by atoms with E-state index in [-0.39, 0.29) is 12.5 Å². The molecule has 1 aromatic heterocycles. The summed E-state index contributed by atoms with van der Waals surface area (Å²) >= 11 is 0. The van der Waals surface area contributed by atoms with Gasteiger partial charge in [0.1, 0.15) is 6.61 Å². The van der Waals surface area contributed by atoms with Crippen molar-refractivity contribution in [2.24, 2.45) is 0 Å². The molecule has 2 rings (SSSR count). The monoisotopic (exact) mass is 168 g/mol. The lowest BCUT2D eigenvalue weighted by molar-refractivity contribution is -0.125. The lowest BCUT2D eigenvalue weighted by atomic mass is 10.4. The van der Waals surface area contributed by atoms with Gasteiger partial charge in [-0.15, -0.1) is 5.10 Å². The summed E-state index contributed by atoms with van der Waals surface area (Å²) in [5, 5.41) is 6.87. The molecule has 0 unspecified atom stereocenters. The standard InChI is InChI=1S/C6H6N3O3/c1-9-5(10)3-11-6(9)4-2-12-8-7-4/h2H,3H2,1H3. The highest BCUT2D eigenvalue weighted by Crippen LogP contribution is 2.22. The van der Waals surface area contributed by atoms with Crippen molar-refractivity contribution in [1.82, 2.24) is 15.3 Å². The minimum absolute atomic E-state index is 0.0543. The molecule has 2 heterocycles. The molecule has 63 valence electrons. The van der Waals surface area contributed by atoms with E-state index < -0.39 is 0 Å². The zero-order valence-corrected chi connectivity index (χ0v) is 6.35. The Morgan fingerprint density at radius 3 is 3.00 bits per heavy atom. The zero-order valence-electron chi connectivity index (χ0n) is 6.35. The zero-order chi connectivity index (χ0) is 8.55. The van der Waals surface area contributed by atoms with E-state index in [0.29, 0.717) is 11.9 Å². The van der Waals surface area contributed by atoms with Gasteiger partial charge in [-0.25, -0.2) is 0 Å². The molecule has 1 aliphatic rings. The Kier molecular flexibility index (Phi) is 1.54. The van der Waals surface area contributed by atoms with Crippen LogP contribution in [0.1, 0.15) is 5.69 Å². The first-order chi connectivity index (χ1) is 5.79. The van der Waals surface area contributed by atoms with Crippen molar-refractivity contribution in [2.75, 3.05) is 13.7 Å². The van der Waals surface area contributed by atoms with Crippen molar-refractivity contribution in [2.45, 2.75) is 0 Å². The molecule has 0 spiro atoms. The van der Waals surface area contributed by atoms with E-state index >= 15 is 0 Å². The Labute approximate surface area is 68.1 Å². The van der Waals surface area contributed by atoms with Crippen LogP contribution in [-0.2, 0) is 9.53 Å². The highest BCUT2D eigenvalue weighted by Gasteiger charge is 2.33. The second-order valence-corrected chi connectivity index (χ2v) is 2.34. The number of ether oxygens (including phenoxy) is 1. The lowest BCUT2D eigenvalue weighted by Gasteiger charge is -2.11. The molecule has 1 fully saturated rings. The summed E-state index contributed by atoms with van der Waals surface area (Å²) < 4.78 is 9.56. The van der Waals surface area contributed by atoms with Gasteiger partial charge in [-0.05, 0) is 0 Å². The van der Waals surface area contributed by atoms with E-state index in [1.165, 1.54) is 11.2 Å². The molecule has 6 nitrogen and oxygen atoms in total. The molecule has 1 radical (unpaired) electrons. The van der Waals surface area contributed by atoms with Gasteiger partial charge in [0.2, 0.25) is 6.23 Å². The predicted molar refractivity (Wildman–Crippen MR) is 35.4 cm³/mol. The van der Waals surface area contributed by atoms with Crippen molar-refractivity contribution in [3.05, 3.63) is 18.2 Å². The SMILES string of the molecule is CN1[C](c2conn2)OCC1=O. The van der Waals surface area contributed by atoms with Crippen LogP contribution in [0.5, 0.6) is 0 Å². The van der Waals surface area contributed by atoms with E-state index in [1.807, 2.05) is 0 Å². The summed E-state index contributed by atoms with van der Waals surface area (Å²) in [4.78, 5) is 12.4. The number of amides is 1. The van der Waals surface area contributed by atoms with Gasteiger partial charge >= 0.3 is 0 Å². The van der Waals surface area contributed by atoms with Crippen LogP contribution in [0.4, 0.5) is 0 Å². The number of hydrogen-bond acceptors (Lipinski definition) is 5. The van der Waals surface area contributed by atoms with Crippen molar-refractivity contribution in [3.63, 3.8) is 0 Å². The number of nitrogens with zero attached hydrogens (tertiary/aromatic N) is 3. The van der Waals surface area contributed by atoms with Gasteiger partial charge in [-0.2, -0.15) is 0 Å². The molecule has 0 bridgehead atoms. The van der Waals surface area contributed by atoms with Crippen LogP contribution in [0.3, 0.4) is 0 Å². The number of likely N-dealkylation sites (N-methyl/N-ethyl adjacent to an activating group) is 1. The van der Waals surface area contributed by atoms with E-state index in [2.05, 4.69) is 14.9 Å². The third kappa shape index (κ3) is 0.964. The Morgan fingerprint density at radius 1 is 1.67 bits per heavy atom. The first-order valence-corrected chi connectivity index (χ1v) is 3.33. The normalized spacial score (nSPS) is 19.1. The van der Waals surface area contributed by atoms with Gasteiger partial charge in [0.15, 0.2) is 12.0 Å². The molecule has 1 aromatic rings. The van der Waals surface area contributed by atoms with Crippen LogP contribution in [0, 0.1) is 6.23 Å². The van der Waals surface area contributed by atoms with E-state index in [9.17, 15) is 4.79 Å². The molecule has 1 aliphatic heterocycles. The van der Waals surface area contributed by atoms with Crippen LogP contribution in [0.2, 0.25) is 0 Å². The molecule has 6 heteroatoms. The number of carbonyl (C=O) groups excluding carboxylic acids is 1. The Morgan fingerprint density at radius 2 is 2.50 bits per heavy atom. The fourth-order valence-electron chi connectivity index (χ4n) is 0.941. The van der Waals surface area contributed by atoms with Crippen molar-refractivity contribution < 1.29 is 14.1 Å². The van der Waals surface area contributed by atoms with Gasteiger partial charge in [-0.3, -0.25) is 4.79 Å². The van der Waals surface area contributed by atoms with Gasteiger partial charge < -0.3 is 14.2 Å². The van der Waals surface area contributed by atoms with E-state index in [1.54, 1.807) is 7.05 Å². The average Bonchev–Trinajstić information content (AvgIpc) is 2.64. The molecule has 1 saturated heterocycles. The largest absolute Gasteiger partial charge is 0.345 e. The van der Waals surface area contributed by atoms with Gasteiger partial charge in [-0.1, -0.05) is 0 Å². The number of carbonyl (C=O) groups is 1. The van der Waals surface area contributed by atoms with Crippen molar-refractivity contribution >= 4 is 5.91 Å². The van der Waals surface area contributed by atoms with E-state index in [0.717, 1.165) is 0 Å². The molecule has 0 aromatic carbocycles. The topological polar surface area (TPSA) is 68.5 Å². The molecule has 0 saturated carbocycles. The first kappa shape index (κ1) is 7.23. The maximum absolute atomic E-state index is 11.0. The third-order valence-electron chi connectivity index (χ3n) is 1.59. The number of hydrogen-bond donors (Lipinski definition) is 0. The molecule has 1 amide bonds. The summed E-state index contributed by atoms with van der Waals surface area (Å²) in [5.41, 5.74) is 0.434. The lowest BCUT2D eigenvalue weighted by Crippen LogP contribution is -2.24. The maximum Gasteiger partial charge on any atom is 0.251 e. The van der Waals surface area contributed by atoms with Gasteiger partial charge in [0.05, 0.1) is 0 Å². The van der Waals surface area contributed by atoms with Crippen LogP contribution >= 0.6 is 0 Å². The summed E-state index contributed by atoms with van der Waals surface area (Å²) in [6.07, 6.45) is 1.71. The highest BCUT2D eigenvalue weighted by atomic mass is 16.5. The van der Waals surface area contributed by atoms with Crippen molar-refractivity contribution in [1.29, 1.82) is 0 Å². The smallest absolute Gasteiger partial charge is 0.251 e. The van der Waals surface area contributed by atoms with E-state index in [4.69, 9.17) is 4.74 Å².